The van der Waals surface area contributed by atoms with Crippen LogP contribution in [0.25, 0.3) is 6.08 Å². The molecule has 1 fully saturated rings. The van der Waals surface area contributed by atoms with Gasteiger partial charge in [-0.3, -0.25) is 9.69 Å². The van der Waals surface area contributed by atoms with Crippen molar-refractivity contribution in [1.29, 1.82) is 0 Å². The molecule has 1 aliphatic rings. The number of nitrogens with zero attached hydrogens (tertiary/aromatic N) is 1. The summed E-state index contributed by atoms with van der Waals surface area (Å²) in [6, 6.07) is 10.6. The second kappa shape index (κ2) is 9.05. The zero-order valence-electron chi connectivity index (χ0n) is 15.0. The maximum atomic E-state index is 12.7. The average molecular weight is 455 g/mol. The van der Waals surface area contributed by atoms with Crippen LogP contribution in [-0.2, 0) is 4.79 Å². The molecule has 1 heterocycles. The van der Waals surface area contributed by atoms with E-state index in [4.69, 9.17) is 44.9 Å². The minimum atomic E-state index is -0.180. The van der Waals surface area contributed by atoms with E-state index in [9.17, 15) is 4.79 Å². The van der Waals surface area contributed by atoms with Gasteiger partial charge in [0.2, 0.25) is 0 Å². The standard InChI is InChI=1S/C19H16Cl2N2O3S2/c1-25-12-4-6-15(16(9-12)26-2)22-10-23-18(24)17(28-19(23)27)8-11-3-5-13(20)14(21)7-11/h3-9,22H,10H2,1-2H3/b17-8+. The molecule has 0 aliphatic carbocycles. The van der Waals surface area contributed by atoms with Gasteiger partial charge in [0.15, 0.2) is 0 Å². The maximum absolute atomic E-state index is 12.7. The zero-order chi connectivity index (χ0) is 20.3. The Morgan fingerprint density at radius 3 is 2.61 bits per heavy atom. The molecule has 0 spiro atoms. The predicted molar refractivity (Wildman–Crippen MR) is 120 cm³/mol. The van der Waals surface area contributed by atoms with Crippen molar-refractivity contribution in [3.8, 4) is 11.5 Å². The lowest BCUT2D eigenvalue weighted by Crippen LogP contribution is -2.33. The first-order valence-corrected chi connectivity index (χ1v) is 10.1. The number of halogens is 2. The molecule has 28 heavy (non-hydrogen) atoms. The molecule has 1 amide bonds. The zero-order valence-corrected chi connectivity index (χ0v) is 18.1. The molecule has 0 aromatic heterocycles. The van der Waals surface area contributed by atoms with E-state index in [2.05, 4.69) is 5.32 Å². The predicted octanol–water partition coefficient (Wildman–Crippen LogP) is 5.28. The molecule has 146 valence electrons. The molecule has 3 rings (SSSR count). The molecule has 0 saturated carbocycles. The summed E-state index contributed by atoms with van der Waals surface area (Å²) < 4.78 is 11.0. The molecule has 0 bridgehead atoms. The molecule has 5 nitrogen and oxygen atoms in total. The van der Waals surface area contributed by atoms with E-state index < -0.39 is 0 Å². The van der Waals surface area contributed by atoms with Crippen molar-refractivity contribution in [1.82, 2.24) is 4.90 Å². The Bertz CT molecular complexity index is 966. The number of hydrogen-bond donors (Lipinski definition) is 1. The quantitative estimate of drug-likeness (QED) is 0.473. The number of thiocarbonyl (C=S) groups is 1. The Kier molecular flexibility index (Phi) is 6.72. The Morgan fingerprint density at radius 2 is 1.93 bits per heavy atom. The third kappa shape index (κ3) is 4.55. The third-order valence-corrected chi connectivity index (χ3v) is 6.07. The molecule has 0 unspecified atom stereocenters. The summed E-state index contributed by atoms with van der Waals surface area (Å²) in [4.78, 5) is 14.8. The number of methoxy groups -OCH3 is 2. The van der Waals surface area contributed by atoms with Crippen molar-refractivity contribution in [3.05, 3.63) is 56.9 Å². The van der Waals surface area contributed by atoms with Gasteiger partial charge in [-0.05, 0) is 35.9 Å². The van der Waals surface area contributed by atoms with Crippen LogP contribution < -0.4 is 14.8 Å². The smallest absolute Gasteiger partial charge is 0.267 e. The molecular formula is C19H16Cl2N2O3S2. The van der Waals surface area contributed by atoms with Gasteiger partial charge < -0.3 is 14.8 Å². The highest BCUT2D eigenvalue weighted by Crippen LogP contribution is 2.34. The van der Waals surface area contributed by atoms with Gasteiger partial charge in [-0.15, -0.1) is 0 Å². The Hall–Kier alpha value is -1.93. The SMILES string of the molecule is COc1ccc(NCN2C(=O)/C(=C\c3ccc(Cl)c(Cl)c3)SC2=S)c(OC)c1. The van der Waals surface area contributed by atoms with Crippen molar-refractivity contribution >= 4 is 69.2 Å². The van der Waals surface area contributed by atoms with Crippen LogP contribution in [0, 0.1) is 0 Å². The first-order chi connectivity index (χ1) is 13.4. The van der Waals surface area contributed by atoms with Crippen LogP contribution in [0.1, 0.15) is 5.56 Å². The second-order valence-corrected chi connectivity index (χ2v) is 8.17. The summed E-state index contributed by atoms with van der Waals surface area (Å²) in [7, 11) is 3.15. The molecule has 2 aromatic carbocycles. The number of anilines is 1. The topological polar surface area (TPSA) is 50.8 Å². The summed E-state index contributed by atoms with van der Waals surface area (Å²) in [6.07, 6.45) is 1.75. The molecule has 9 heteroatoms. The fraction of sp³-hybridized carbons (Fsp3) is 0.158. The van der Waals surface area contributed by atoms with Crippen molar-refractivity contribution in [3.63, 3.8) is 0 Å². The van der Waals surface area contributed by atoms with Gasteiger partial charge in [-0.1, -0.05) is 53.2 Å². The van der Waals surface area contributed by atoms with Crippen LogP contribution in [0.5, 0.6) is 11.5 Å². The van der Waals surface area contributed by atoms with Crippen LogP contribution in [0.15, 0.2) is 41.3 Å². The van der Waals surface area contributed by atoms with Crippen LogP contribution in [-0.4, -0.2) is 36.0 Å². The van der Waals surface area contributed by atoms with Crippen molar-refractivity contribution in [2.45, 2.75) is 0 Å². The lowest BCUT2D eigenvalue weighted by Gasteiger charge is -2.18. The third-order valence-electron chi connectivity index (χ3n) is 3.95. The Morgan fingerprint density at radius 1 is 1.14 bits per heavy atom. The van der Waals surface area contributed by atoms with Crippen LogP contribution in [0.2, 0.25) is 10.0 Å². The fourth-order valence-corrected chi connectivity index (χ4v) is 4.06. The van der Waals surface area contributed by atoms with Crippen LogP contribution in [0.3, 0.4) is 0 Å². The number of thioether (sulfide) groups is 1. The van der Waals surface area contributed by atoms with Gasteiger partial charge >= 0.3 is 0 Å². The Balaban J connectivity index is 1.74. The van der Waals surface area contributed by atoms with E-state index in [0.29, 0.717) is 30.8 Å². The molecule has 0 atom stereocenters. The van der Waals surface area contributed by atoms with Gasteiger partial charge in [0.05, 0.1) is 41.5 Å². The molecule has 1 saturated heterocycles. The van der Waals surface area contributed by atoms with Gasteiger partial charge in [-0.2, -0.15) is 0 Å². The van der Waals surface area contributed by atoms with Crippen molar-refractivity contribution in [2.75, 3.05) is 26.2 Å². The summed E-state index contributed by atoms with van der Waals surface area (Å²) in [5, 5.41) is 4.07. The van der Waals surface area contributed by atoms with Gasteiger partial charge in [0, 0.05) is 6.07 Å². The minimum Gasteiger partial charge on any atom is -0.497 e. The van der Waals surface area contributed by atoms with Crippen molar-refractivity contribution < 1.29 is 14.3 Å². The number of hydrogen-bond acceptors (Lipinski definition) is 6. The highest BCUT2D eigenvalue weighted by Gasteiger charge is 2.32. The van der Waals surface area contributed by atoms with E-state index in [-0.39, 0.29) is 12.6 Å². The number of rotatable bonds is 6. The fourth-order valence-electron chi connectivity index (χ4n) is 2.50. The highest BCUT2D eigenvalue weighted by molar-refractivity contribution is 8.26. The number of carbonyl (C=O) groups excluding carboxylic acids is 1. The van der Waals surface area contributed by atoms with Gasteiger partial charge in [-0.25, -0.2) is 0 Å². The summed E-state index contributed by atoms with van der Waals surface area (Å²) in [5.41, 5.74) is 1.51. The van der Waals surface area contributed by atoms with E-state index in [1.807, 2.05) is 6.07 Å². The largest absolute Gasteiger partial charge is 0.497 e. The van der Waals surface area contributed by atoms with E-state index in [1.165, 1.54) is 16.7 Å². The molecule has 1 aliphatic heterocycles. The normalized spacial score (nSPS) is 15.3. The van der Waals surface area contributed by atoms with Gasteiger partial charge in [0.1, 0.15) is 15.8 Å². The highest BCUT2D eigenvalue weighted by atomic mass is 35.5. The molecule has 0 radical (unpaired) electrons. The number of carbonyl (C=O) groups is 1. The summed E-state index contributed by atoms with van der Waals surface area (Å²) in [6.45, 7) is 0.214. The molecule has 1 N–H and O–H groups in total. The lowest BCUT2D eigenvalue weighted by atomic mass is 10.2. The first-order valence-electron chi connectivity index (χ1n) is 8.09. The van der Waals surface area contributed by atoms with Crippen molar-refractivity contribution in [2.24, 2.45) is 0 Å². The molecular weight excluding hydrogens is 439 g/mol. The van der Waals surface area contributed by atoms with E-state index in [1.54, 1.807) is 50.6 Å². The lowest BCUT2D eigenvalue weighted by molar-refractivity contribution is -0.121. The first kappa shape index (κ1) is 20.8. The maximum Gasteiger partial charge on any atom is 0.267 e. The summed E-state index contributed by atoms with van der Waals surface area (Å²) in [5.74, 6) is 1.11. The van der Waals surface area contributed by atoms with E-state index >= 15 is 0 Å². The Labute approximate surface area is 182 Å². The molecule has 2 aromatic rings. The van der Waals surface area contributed by atoms with E-state index in [0.717, 1.165) is 11.3 Å². The van der Waals surface area contributed by atoms with Gasteiger partial charge in [0.25, 0.3) is 5.91 Å². The number of ether oxygens (including phenoxy) is 2. The van der Waals surface area contributed by atoms with Crippen LogP contribution in [0.4, 0.5) is 5.69 Å². The second-order valence-electron chi connectivity index (χ2n) is 5.68. The average Bonchev–Trinajstić information content (AvgIpc) is 2.95. The summed E-state index contributed by atoms with van der Waals surface area (Å²) >= 11 is 18.6. The minimum absolute atomic E-state index is 0.180. The number of amides is 1. The number of benzene rings is 2. The monoisotopic (exact) mass is 454 g/mol. The number of nitrogens with one attached hydrogen (secondary N) is 1. The van der Waals surface area contributed by atoms with Crippen LogP contribution >= 0.6 is 47.2 Å².